The van der Waals surface area contributed by atoms with Gasteiger partial charge >= 0.3 is 0 Å². The van der Waals surface area contributed by atoms with Crippen LogP contribution in [0.2, 0.25) is 0 Å². The Labute approximate surface area is 109 Å². The molecule has 2 aromatic carbocycles. The van der Waals surface area contributed by atoms with Crippen molar-refractivity contribution in [3.05, 3.63) is 71.8 Å². The van der Waals surface area contributed by atoms with E-state index in [2.05, 4.69) is 60.7 Å². The summed E-state index contributed by atoms with van der Waals surface area (Å²) >= 11 is 0. The van der Waals surface area contributed by atoms with E-state index in [1.54, 1.807) is 0 Å². The van der Waals surface area contributed by atoms with E-state index >= 15 is 0 Å². The first kappa shape index (κ1) is 11.5. The highest BCUT2D eigenvalue weighted by Crippen LogP contribution is 2.45. The summed E-state index contributed by atoms with van der Waals surface area (Å²) in [5, 5.41) is 0. The van der Waals surface area contributed by atoms with E-state index in [1.165, 1.54) is 11.1 Å². The Hall–Kier alpha value is -1.60. The first-order valence-electron chi connectivity index (χ1n) is 6.68. The van der Waals surface area contributed by atoms with E-state index < -0.39 is 0 Å². The zero-order valence-corrected chi connectivity index (χ0v) is 10.5. The van der Waals surface area contributed by atoms with Crippen LogP contribution >= 0.6 is 0 Å². The highest BCUT2D eigenvalue weighted by atomic mass is 14.7. The standard InChI is InChI=1S/C17H19N/c18-16-11-12-17(13-16,14-7-3-1-4-8-14)15-9-5-2-6-10-15/h1-10,16H,11-13,18H2. The number of nitrogens with two attached hydrogens (primary N) is 1. The lowest BCUT2D eigenvalue weighted by Gasteiger charge is -2.30. The predicted molar refractivity (Wildman–Crippen MR) is 75.5 cm³/mol. The number of benzene rings is 2. The van der Waals surface area contributed by atoms with Crippen molar-refractivity contribution >= 4 is 0 Å². The lowest BCUT2D eigenvalue weighted by atomic mass is 9.73. The van der Waals surface area contributed by atoms with Crippen LogP contribution in [0.5, 0.6) is 0 Å². The van der Waals surface area contributed by atoms with Crippen LogP contribution in [0.3, 0.4) is 0 Å². The third kappa shape index (κ3) is 1.85. The van der Waals surface area contributed by atoms with Gasteiger partial charge in [0.05, 0.1) is 0 Å². The summed E-state index contributed by atoms with van der Waals surface area (Å²) < 4.78 is 0. The highest BCUT2D eigenvalue weighted by molar-refractivity contribution is 5.40. The maximum Gasteiger partial charge on any atom is 0.0218 e. The van der Waals surface area contributed by atoms with Gasteiger partial charge in [0.25, 0.3) is 0 Å². The van der Waals surface area contributed by atoms with Crippen LogP contribution in [0.1, 0.15) is 30.4 Å². The lowest BCUT2D eigenvalue weighted by molar-refractivity contribution is 0.524. The molecule has 2 aromatic rings. The van der Waals surface area contributed by atoms with Crippen LogP contribution in [0, 0.1) is 0 Å². The van der Waals surface area contributed by atoms with Crippen molar-refractivity contribution < 1.29 is 0 Å². The molecule has 0 heterocycles. The minimum absolute atomic E-state index is 0.127. The van der Waals surface area contributed by atoms with E-state index in [4.69, 9.17) is 5.73 Å². The molecule has 0 amide bonds. The zero-order valence-electron chi connectivity index (χ0n) is 10.5. The Morgan fingerprint density at radius 3 is 1.72 bits per heavy atom. The molecular weight excluding hydrogens is 218 g/mol. The van der Waals surface area contributed by atoms with Crippen molar-refractivity contribution in [1.29, 1.82) is 0 Å². The van der Waals surface area contributed by atoms with Gasteiger partial charge in [-0.05, 0) is 30.4 Å². The van der Waals surface area contributed by atoms with E-state index in [0.29, 0.717) is 6.04 Å². The Bertz CT molecular complexity index is 464. The van der Waals surface area contributed by atoms with Gasteiger partial charge in [-0.25, -0.2) is 0 Å². The van der Waals surface area contributed by atoms with Crippen LogP contribution in [-0.2, 0) is 5.41 Å². The lowest BCUT2D eigenvalue weighted by Crippen LogP contribution is -2.27. The first-order valence-corrected chi connectivity index (χ1v) is 6.68. The molecule has 0 spiro atoms. The van der Waals surface area contributed by atoms with Crippen LogP contribution in [0.4, 0.5) is 0 Å². The average molecular weight is 237 g/mol. The Kier molecular flexibility index (Phi) is 2.92. The minimum atomic E-state index is 0.127. The summed E-state index contributed by atoms with van der Waals surface area (Å²) in [4.78, 5) is 0. The molecule has 1 nitrogen and oxygen atoms in total. The summed E-state index contributed by atoms with van der Waals surface area (Å²) in [6.45, 7) is 0. The van der Waals surface area contributed by atoms with Crippen LogP contribution in [0.25, 0.3) is 0 Å². The van der Waals surface area contributed by atoms with Crippen molar-refractivity contribution in [3.8, 4) is 0 Å². The third-order valence-corrected chi connectivity index (χ3v) is 4.21. The van der Waals surface area contributed by atoms with Crippen molar-refractivity contribution in [3.63, 3.8) is 0 Å². The summed E-state index contributed by atoms with van der Waals surface area (Å²) in [6.07, 6.45) is 3.33. The van der Waals surface area contributed by atoms with E-state index in [-0.39, 0.29) is 5.41 Å². The molecule has 1 atom stereocenters. The van der Waals surface area contributed by atoms with Gasteiger partial charge in [0.15, 0.2) is 0 Å². The van der Waals surface area contributed by atoms with Crippen LogP contribution in [-0.4, -0.2) is 6.04 Å². The topological polar surface area (TPSA) is 26.0 Å². The smallest absolute Gasteiger partial charge is 0.0218 e. The first-order chi connectivity index (χ1) is 8.81. The fourth-order valence-corrected chi connectivity index (χ4v) is 3.29. The fourth-order valence-electron chi connectivity index (χ4n) is 3.29. The molecule has 3 rings (SSSR count). The molecule has 0 aromatic heterocycles. The van der Waals surface area contributed by atoms with Crippen molar-refractivity contribution in [1.82, 2.24) is 0 Å². The van der Waals surface area contributed by atoms with Gasteiger partial charge in [0.1, 0.15) is 0 Å². The third-order valence-electron chi connectivity index (χ3n) is 4.21. The Morgan fingerprint density at radius 2 is 1.33 bits per heavy atom. The molecule has 0 saturated heterocycles. The van der Waals surface area contributed by atoms with E-state index in [9.17, 15) is 0 Å². The van der Waals surface area contributed by atoms with E-state index in [0.717, 1.165) is 19.3 Å². The van der Waals surface area contributed by atoms with Crippen LogP contribution in [0.15, 0.2) is 60.7 Å². The maximum absolute atomic E-state index is 6.19. The molecular formula is C17H19N. The molecule has 2 N–H and O–H groups in total. The molecule has 1 aliphatic rings. The van der Waals surface area contributed by atoms with Crippen LogP contribution < -0.4 is 5.73 Å². The molecule has 1 aliphatic carbocycles. The minimum Gasteiger partial charge on any atom is -0.328 e. The van der Waals surface area contributed by atoms with Crippen molar-refractivity contribution in [2.24, 2.45) is 5.73 Å². The van der Waals surface area contributed by atoms with Crippen molar-refractivity contribution in [2.45, 2.75) is 30.7 Å². The normalized spacial score (nSPS) is 21.9. The average Bonchev–Trinajstić information content (AvgIpc) is 2.84. The maximum atomic E-state index is 6.19. The second-order valence-corrected chi connectivity index (χ2v) is 5.32. The van der Waals surface area contributed by atoms with Gasteiger partial charge in [-0.3, -0.25) is 0 Å². The largest absolute Gasteiger partial charge is 0.328 e. The second kappa shape index (κ2) is 4.58. The van der Waals surface area contributed by atoms with Gasteiger partial charge in [-0.15, -0.1) is 0 Å². The summed E-state index contributed by atoms with van der Waals surface area (Å²) in [7, 11) is 0. The molecule has 18 heavy (non-hydrogen) atoms. The molecule has 0 radical (unpaired) electrons. The number of rotatable bonds is 2. The Balaban J connectivity index is 2.11. The second-order valence-electron chi connectivity index (χ2n) is 5.32. The molecule has 1 unspecified atom stereocenters. The van der Waals surface area contributed by atoms with E-state index in [1.807, 2.05) is 0 Å². The zero-order chi connectivity index (χ0) is 12.4. The number of hydrogen-bond acceptors (Lipinski definition) is 1. The molecule has 1 heteroatoms. The monoisotopic (exact) mass is 237 g/mol. The molecule has 0 aliphatic heterocycles. The van der Waals surface area contributed by atoms with Gasteiger partial charge in [0, 0.05) is 11.5 Å². The summed E-state index contributed by atoms with van der Waals surface area (Å²) in [6, 6.07) is 22.0. The van der Waals surface area contributed by atoms with Crippen molar-refractivity contribution in [2.75, 3.05) is 0 Å². The van der Waals surface area contributed by atoms with Gasteiger partial charge in [-0.1, -0.05) is 60.7 Å². The molecule has 92 valence electrons. The molecule has 1 saturated carbocycles. The summed E-state index contributed by atoms with van der Waals surface area (Å²) in [5.74, 6) is 0. The fraction of sp³-hybridized carbons (Fsp3) is 0.294. The van der Waals surface area contributed by atoms with Gasteiger partial charge in [0.2, 0.25) is 0 Å². The quantitative estimate of drug-likeness (QED) is 0.850. The molecule has 1 fully saturated rings. The SMILES string of the molecule is NC1CCC(c2ccccc2)(c2ccccc2)C1. The van der Waals surface area contributed by atoms with Gasteiger partial charge in [-0.2, -0.15) is 0 Å². The Morgan fingerprint density at radius 1 is 0.833 bits per heavy atom. The summed E-state index contributed by atoms with van der Waals surface area (Å²) in [5.41, 5.74) is 9.13. The predicted octanol–water partition coefficient (Wildman–Crippen LogP) is 3.48. The highest BCUT2D eigenvalue weighted by Gasteiger charge is 2.40. The number of hydrogen-bond donors (Lipinski definition) is 1. The molecule has 0 bridgehead atoms. The van der Waals surface area contributed by atoms with Gasteiger partial charge < -0.3 is 5.73 Å².